The first-order chi connectivity index (χ1) is 14.6. The zero-order chi connectivity index (χ0) is 20.9. The average molecular weight is 443 g/mol. The summed E-state index contributed by atoms with van der Waals surface area (Å²) in [6, 6.07) is 13.4. The third-order valence-corrected chi connectivity index (χ3v) is 6.56. The van der Waals surface area contributed by atoms with Gasteiger partial charge in [0.05, 0.1) is 17.6 Å². The number of aryl methyl sites for hydroxylation is 1. The number of hydrogen-bond acceptors (Lipinski definition) is 5. The smallest absolute Gasteiger partial charge is 0.292 e. The van der Waals surface area contributed by atoms with E-state index in [0.29, 0.717) is 44.0 Å². The van der Waals surface area contributed by atoms with Crippen molar-refractivity contribution in [1.29, 1.82) is 0 Å². The van der Waals surface area contributed by atoms with Crippen molar-refractivity contribution in [3.05, 3.63) is 74.3 Å². The van der Waals surface area contributed by atoms with Gasteiger partial charge in [0.25, 0.3) is 5.56 Å². The van der Waals surface area contributed by atoms with Gasteiger partial charge in [0.1, 0.15) is 5.02 Å². The molecule has 30 heavy (non-hydrogen) atoms. The van der Waals surface area contributed by atoms with Crippen LogP contribution in [0.1, 0.15) is 17.7 Å². The predicted octanol–water partition coefficient (Wildman–Crippen LogP) is 3.62. The van der Waals surface area contributed by atoms with E-state index in [4.69, 9.17) is 11.6 Å². The highest BCUT2D eigenvalue weighted by molar-refractivity contribution is 7.09. The van der Waals surface area contributed by atoms with E-state index in [-0.39, 0.29) is 16.5 Å². The number of rotatable bonds is 6. The Bertz CT molecular complexity index is 1040. The molecule has 0 atom stereocenters. The topological polar surface area (TPSA) is 58.4 Å². The minimum atomic E-state index is -0.340. The Balaban J connectivity index is 1.35. The zero-order valence-corrected chi connectivity index (χ0v) is 18.1. The fourth-order valence-electron chi connectivity index (χ4n) is 3.62. The van der Waals surface area contributed by atoms with Gasteiger partial charge in [-0.25, -0.2) is 0 Å². The maximum absolute atomic E-state index is 12.7. The number of thiophene rings is 1. The molecule has 0 saturated carbocycles. The van der Waals surface area contributed by atoms with Gasteiger partial charge in [0, 0.05) is 37.5 Å². The molecular formula is C22H23ClN4O2S. The first-order valence-corrected chi connectivity index (χ1v) is 11.3. The van der Waals surface area contributed by atoms with Gasteiger partial charge in [-0.2, -0.15) is 9.78 Å². The van der Waals surface area contributed by atoms with Gasteiger partial charge >= 0.3 is 0 Å². The Hall–Kier alpha value is -2.64. The molecule has 0 unspecified atom stereocenters. The highest BCUT2D eigenvalue weighted by Gasteiger charge is 2.24. The Morgan fingerprint density at radius 3 is 2.53 bits per heavy atom. The van der Waals surface area contributed by atoms with Gasteiger partial charge in [-0.05, 0) is 36.4 Å². The van der Waals surface area contributed by atoms with E-state index in [1.165, 1.54) is 9.56 Å². The lowest BCUT2D eigenvalue weighted by atomic mass is 10.2. The van der Waals surface area contributed by atoms with Gasteiger partial charge in [0.2, 0.25) is 5.91 Å². The molecule has 3 aromatic rings. The van der Waals surface area contributed by atoms with Crippen LogP contribution >= 0.6 is 22.9 Å². The molecule has 3 heterocycles. The van der Waals surface area contributed by atoms with Crippen LogP contribution in [0.15, 0.2) is 58.8 Å². The average Bonchev–Trinajstić information content (AvgIpc) is 3.30. The van der Waals surface area contributed by atoms with Crippen LogP contribution in [0.5, 0.6) is 0 Å². The van der Waals surface area contributed by atoms with Crippen molar-refractivity contribution in [3.8, 4) is 5.69 Å². The highest BCUT2D eigenvalue weighted by Crippen LogP contribution is 2.23. The van der Waals surface area contributed by atoms with Crippen LogP contribution in [0.4, 0.5) is 5.69 Å². The lowest BCUT2D eigenvalue weighted by Crippen LogP contribution is -2.49. The minimum Gasteiger partial charge on any atom is -0.365 e. The number of halogens is 1. The van der Waals surface area contributed by atoms with Crippen molar-refractivity contribution >= 4 is 34.5 Å². The molecule has 4 rings (SSSR count). The fraction of sp³-hybridized carbons (Fsp3) is 0.318. The lowest BCUT2D eigenvalue weighted by molar-refractivity contribution is -0.131. The van der Waals surface area contributed by atoms with Crippen molar-refractivity contribution in [2.24, 2.45) is 0 Å². The molecule has 1 aromatic carbocycles. The molecule has 0 radical (unpaired) electrons. The fourth-order valence-corrected chi connectivity index (χ4v) is 4.62. The van der Waals surface area contributed by atoms with Crippen LogP contribution < -0.4 is 10.5 Å². The summed E-state index contributed by atoms with van der Waals surface area (Å²) in [5, 5.41) is 6.52. The van der Waals surface area contributed by atoms with Gasteiger partial charge in [-0.15, -0.1) is 11.3 Å². The molecule has 1 aliphatic rings. The molecule has 0 bridgehead atoms. The van der Waals surface area contributed by atoms with Crippen LogP contribution in [0.3, 0.4) is 0 Å². The monoisotopic (exact) mass is 442 g/mol. The van der Waals surface area contributed by atoms with E-state index < -0.39 is 0 Å². The molecule has 1 saturated heterocycles. The van der Waals surface area contributed by atoms with Crippen LogP contribution in [-0.2, 0) is 11.2 Å². The molecule has 1 fully saturated rings. The third-order valence-electron chi connectivity index (χ3n) is 5.27. The summed E-state index contributed by atoms with van der Waals surface area (Å²) in [5.41, 5.74) is 0.958. The number of carbonyl (C=O) groups excluding carboxylic acids is 1. The molecule has 0 aliphatic carbocycles. The molecule has 0 N–H and O–H groups in total. The number of anilines is 1. The molecule has 0 spiro atoms. The second kappa shape index (κ2) is 9.45. The molecule has 6 nitrogen and oxygen atoms in total. The SMILES string of the molecule is O=C(CCCc1cccs1)N1CCN(c2cnn(-c3ccccc3)c(=O)c2Cl)CC1. The maximum atomic E-state index is 12.7. The number of nitrogens with zero attached hydrogens (tertiary/aromatic N) is 4. The first-order valence-electron chi connectivity index (χ1n) is 10.0. The second-order valence-corrected chi connectivity index (χ2v) is 8.61. The van der Waals surface area contributed by atoms with Crippen LogP contribution in [0.2, 0.25) is 5.02 Å². The summed E-state index contributed by atoms with van der Waals surface area (Å²) >= 11 is 8.14. The zero-order valence-electron chi connectivity index (χ0n) is 16.5. The van der Waals surface area contributed by atoms with E-state index >= 15 is 0 Å². The standard InChI is InChI=1S/C22H23ClN4O2S/c23-21-19(16-24-27(22(21)29)17-6-2-1-3-7-17)25-11-13-26(14-12-25)20(28)10-4-8-18-9-5-15-30-18/h1-3,5-7,9,15-16H,4,8,10-14H2. The summed E-state index contributed by atoms with van der Waals surface area (Å²) in [5.74, 6) is 0.190. The molecule has 1 aliphatic heterocycles. The Morgan fingerprint density at radius 1 is 1.07 bits per heavy atom. The van der Waals surface area contributed by atoms with Crippen molar-refractivity contribution in [3.63, 3.8) is 0 Å². The maximum Gasteiger partial charge on any atom is 0.292 e. The van der Waals surface area contributed by atoms with Crippen molar-refractivity contribution in [2.45, 2.75) is 19.3 Å². The number of hydrogen-bond donors (Lipinski definition) is 0. The van der Waals surface area contributed by atoms with Crippen molar-refractivity contribution in [1.82, 2.24) is 14.7 Å². The van der Waals surface area contributed by atoms with Gasteiger partial charge in [-0.3, -0.25) is 9.59 Å². The quantitative estimate of drug-likeness (QED) is 0.585. The van der Waals surface area contributed by atoms with E-state index in [0.717, 1.165) is 12.8 Å². The molecule has 8 heteroatoms. The number of para-hydroxylation sites is 1. The Morgan fingerprint density at radius 2 is 1.83 bits per heavy atom. The lowest BCUT2D eigenvalue weighted by Gasteiger charge is -2.36. The highest BCUT2D eigenvalue weighted by atomic mass is 35.5. The normalized spacial score (nSPS) is 14.2. The molecule has 2 aromatic heterocycles. The third kappa shape index (κ3) is 4.57. The van der Waals surface area contributed by atoms with E-state index in [1.54, 1.807) is 17.5 Å². The summed E-state index contributed by atoms with van der Waals surface area (Å²) in [7, 11) is 0. The molecule has 156 valence electrons. The number of amides is 1. The van der Waals surface area contributed by atoms with Crippen LogP contribution in [0, 0.1) is 0 Å². The molecular weight excluding hydrogens is 420 g/mol. The summed E-state index contributed by atoms with van der Waals surface area (Å²) in [6.07, 6.45) is 4.01. The molecule has 1 amide bonds. The number of aromatic nitrogens is 2. The second-order valence-electron chi connectivity index (χ2n) is 7.20. The number of piperazine rings is 1. The van der Waals surface area contributed by atoms with Crippen molar-refractivity contribution in [2.75, 3.05) is 31.1 Å². The Kier molecular flexibility index (Phi) is 6.50. The van der Waals surface area contributed by atoms with Crippen LogP contribution in [0.25, 0.3) is 5.69 Å². The predicted molar refractivity (Wildman–Crippen MR) is 121 cm³/mol. The Labute approximate surface area is 184 Å². The van der Waals surface area contributed by atoms with Gasteiger partial charge in [0.15, 0.2) is 0 Å². The summed E-state index contributed by atoms with van der Waals surface area (Å²) in [6.45, 7) is 2.51. The summed E-state index contributed by atoms with van der Waals surface area (Å²) in [4.78, 5) is 30.5. The summed E-state index contributed by atoms with van der Waals surface area (Å²) < 4.78 is 1.30. The number of carbonyl (C=O) groups is 1. The van der Waals surface area contributed by atoms with Gasteiger partial charge in [-0.1, -0.05) is 35.9 Å². The van der Waals surface area contributed by atoms with E-state index in [9.17, 15) is 9.59 Å². The first kappa shape index (κ1) is 20.6. The number of benzene rings is 1. The van der Waals surface area contributed by atoms with Gasteiger partial charge < -0.3 is 9.80 Å². The largest absolute Gasteiger partial charge is 0.365 e. The van der Waals surface area contributed by atoms with E-state index in [2.05, 4.69) is 16.5 Å². The minimum absolute atomic E-state index is 0.157. The van der Waals surface area contributed by atoms with Crippen LogP contribution in [-0.4, -0.2) is 46.8 Å². The van der Waals surface area contributed by atoms with Crippen molar-refractivity contribution < 1.29 is 4.79 Å². The van der Waals surface area contributed by atoms with E-state index in [1.807, 2.05) is 46.2 Å².